The minimum absolute atomic E-state index is 0.433. The maximum Gasteiger partial charge on any atom is 0.164 e. The Morgan fingerprint density at radius 2 is 0.879 bits per heavy atom. The van der Waals surface area contributed by atoms with Crippen LogP contribution in [0.3, 0.4) is 0 Å². The average Bonchev–Trinajstić information content (AvgIpc) is 2.89. The van der Waals surface area contributed by atoms with Crippen LogP contribution in [0.4, 0.5) is 0 Å². The highest BCUT2D eigenvalue weighted by atomic mass is 15.0. The van der Waals surface area contributed by atoms with Crippen LogP contribution in [0.2, 0.25) is 0 Å². The van der Waals surface area contributed by atoms with Crippen molar-refractivity contribution >= 4 is 0 Å². The molecular formula is C30H25N3. The molecule has 0 aliphatic heterocycles. The lowest BCUT2D eigenvalue weighted by Crippen LogP contribution is -2.00. The largest absolute Gasteiger partial charge is 0.208 e. The van der Waals surface area contributed by atoms with Gasteiger partial charge in [0.05, 0.1) is 0 Å². The molecule has 33 heavy (non-hydrogen) atoms. The van der Waals surface area contributed by atoms with Crippen LogP contribution in [-0.2, 0) is 0 Å². The van der Waals surface area contributed by atoms with E-state index in [1.165, 1.54) is 11.1 Å². The molecule has 0 radical (unpaired) electrons. The zero-order valence-electron chi connectivity index (χ0n) is 18.8. The van der Waals surface area contributed by atoms with E-state index in [0.717, 1.165) is 22.3 Å². The van der Waals surface area contributed by atoms with Crippen molar-refractivity contribution in [3.8, 4) is 45.3 Å². The Hall–Kier alpha value is -4.11. The standard InChI is InChI=1S/C30H25N3/c1-21(2)24-15-9-17-26(19-24)29-31-28(23-13-7-4-8-14-23)32-30(33-29)27-18-10-16-25(20-27)22-11-5-3-6-12-22/h3-21H,1-2H3. The molecule has 5 aromatic rings. The molecule has 0 N–H and O–H groups in total. The number of hydrogen-bond acceptors (Lipinski definition) is 3. The van der Waals surface area contributed by atoms with Crippen molar-refractivity contribution in [1.82, 2.24) is 15.0 Å². The van der Waals surface area contributed by atoms with Gasteiger partial charge in [-0.2, -0.15) is 0 Å². The first-order valence-electron chi connectivity index (χ1n) is 11.2. The minimum Gasteiger partial charge on any atom is -0.208 e. The first-order chi connectivity index (χ1) is 16.2. The zero-order chi connectivity index (χ0) is 22.6. The maximum absolute atomic E-state index is 4.91. The second kappa shape index (κ2) is 9.17. The van der Waals surface area contributed by atoms with Gasteiger partial charge in [-0.05, 0) is 34.7 Å². The fourth-order valence-electron chi connectivity index (χ4n) is 3.86. The van der Waals surface area contributed by atoms with Crippen molar-refractivity contribution in [3.05, 3.63) is 115 Å². The predicted molar refractivity (Wildman–Crippen MR) is 136 cm³/mol. The Labute approximate surface area is 194 Å². The molecule has 0 amide bonds. The lowest BCUT2D eigenvalue weighted by atomic mass is 10.0. The van der Waals surface area contributed by atoms with Gasteiger partial charge in [-0.1, -0.05) is 111 Å². The van der Waals surface area contributed by atoms with Gasteiger partial charge in [-0.3, -0.25) is 0 Å². The highest BCUT2D eigenvalue weighted by molar-refractivity contribution is 5.72. The number of nitrogens with zero attached hydrogens (tertiary/aromatic N) is 3. The first-order valence-corrected chi connectivity index (χ1v) is 11.2. The molecule has 0 saturated heterocycles. The maximum atomic E-state index is 4.91. The van der Waals surface area contributed by atoms with Gasteiger partial charge in [0.1, 0.15) is 0 Å². The third-order valence-corrected chi connectivity index (χ3v) is 5.71. The Balaban J connectivity index is 1.67. The molecule has 4 aromatic carbocycles. The minimum atomic E-state index is 0.433. The lowest BCUT2D eigenvalue weighted by Gasteiger charge is -2.11. The van der Waals surface area contributed by atoms with E-state index in [9.17, 15) is 0 Å². The molecule has 3 nitrogen and oxygen atoms in total. The number of aromatic nitrogens is 3. The number of benzene rings is 4. The van der Waals surface area contributed by atoms with Gasteiger partial charge in [0, 0.05) is 16.7 Å². The third kappa shape index (κ3) is 4.58. The Kier molecular flexibility index (Phi) is 5.77. The average molecular weight is 428 g/mol. The van der Waals surface area contributed by atoms with Crippen LogP contribution in [0.25, 0.3) is 45.3 Å². The molecule has 0 saturated carbocycles. The molecule has 1 aromatic heterocycles. The molecule has 160 valence electrons. The quantitative estimate of drug-likeness (QED) is 0.289. The van der Waals surface area contributed by atoms with Gasteiger partial charge in [-0.25, -0.2) is 15.0 Å². The lowest BCUT2D eigenvalue weighted by molar-refractivity contribution is 0.866. The second-order valence-electron chi connectivity index (χ2n) is 8.40. The van der Waals surface area contributed by atoms with Crippen LogP contribution >= 0.6 is 0 Å². The second-order valence-corrected chi connectivity index (χ2v) is 8.40. The summed E-state index contributed by atoms with van der Waals surface area (Å²) in [6.07, 6.45) is 0. The molecule has 0 spiro atoms. The molecule has 3 heteroatoms. The van der Waals surface area contributed by atoms with Gasteiger partial charge in [0.15, 0.2) is 17.5 Å². The van der Waals surface area contributed by atoms with Gasteiger partial charge in [-0.15, -0.1) is 0 Å². The van der Waals surface area contributed by atoms with Crippen LogP contribution in [0.15, 0.2) is 109 Å². The van der Waals surface area contributed by atoms with E-state index < -0.39 is 0 Å². The molecule has 0 bridgehead atoms. The Morgan fingerprint density at radius 1 is 0.424 bits per heavy atom. The molecular weight excluding hydrogens is 402 g/mol. The summed E-state index contributed by atoms with van der Waals surface area (Å²) in [4.78, 5) is 14.6. The summed E-state index contributed by atoms with van der Waals surface area (Å²) in [6.45, 7) is 4.39. The van der Waals surface area contributed by atoms with Crippen LogP contribution in [0.1, 0.15) is 25.3 Å². The van der Waals surface area contributed by atoms with Crippen molar-refractivity contribution in [2.75, 3.05) is 0 Å². The van der Waals surface area contributed by atoms with E-state index in [1.54, 1.807) is 0 Å². The highest BCUT2D eigenvalue weighted by Crippen LogP contribution is 2.29. The fraction of sp³-hybridized carbons (Fsp3) is 0.100. The number of rotatable bonds is 5. The van der Waals surface area contributed by atoms with Crippen molar-refractivity contribution < 1.29 is 0 Å². The van der Waals surface area contributed by atoms with E-state index in [4.69, 9.17) is 15.0 Å². The van der Waals surface area contributed by atoms with Gasteiger partial charge in [0.25, 0.3) is 0 Å². The number of hydrogen-bond donors (Lipinski definition) is 0. The summed E-state index contributed by atoms with van der Waals surface area (Å²) >= 11 is 0. The van der Waals surface area contributed by atoms with E-state index in [2.05, 4.69) is 86.6 Å². The molecule has 0 fully saturated rings. The van der Waals surface area contributed by atoms with Crippen molar-refractivity contribution in [2.24, 2.45) is 0 Å². The van der Waals surface area contributed by atoms with Crippen molar-refractivity contribution in [2.45, 2.75) is 19.8 Å². The van der Waals surface area contributed by atoms with Gasteiger partial charge in [0.2, 0.25) is 0 Å². The highest BCUT2D eigenvalue weighted by Gasteiger charge is 2.13. The molecule has 5 rings (SSSR count). The zero-order valence-corrected chi connectivity index (χ0v) is 18.8. The van der Waals surface area contributed by atoms with E-state index >= 15 is 0 Å². The predicted octanol–water partition coefficient (Wildman–Crippen LogP) is 7.66. The van der Waals surface area contributed by atoms with Gasteiger partial charge >= 0.3 is 0 Å². The van der Waals surface area contributed by atoms with Crippen LogP contribution < -0.4 is 0 Å². The molecule has 0 unspecified atom stereocenters. The van der Waals surface area contributed by atoms with E-state index in [-0.39, 0.29) is 0 Å². The third-order valence-electron chi connectivity index (χ3n) is 5.71. The molecule has 0 aliphatic carbocycles. The summed E-state index contributed by atoms with van der Waals surface area (Å²) in [5.41, 5.74) is 6.52. The molecule has 1 heterocycles. The fourth-order valence-corrected chi connectivity index (χ4v) is 3.86. The molecule has 0 aliphatic rings. The normalized spacial score (nSPS) is 11.0. The summed E-state index contributed by atoms with van der Waals surface area (Å²) in [6, 6.07) is 37.3. The molecule has 0 atom stereocenters. The van der Waals surface area contributed by atoms with Crippen LogP contribution in [-0.4, -0.2) is 15.0 Å². The Bertz CT molecular complexity index is 1380. The van der Waals surface area contributed by atoms with E-state index in [0.29, 0.717) is 23.4 Å². The Morgan fingerprint density at radius 3 is 1.48 bits per heavy atom. The van der Waals surface area contributed by atoms with Crippen molar-refractivity contribution in [1.29, 1.82) is 0 Å². The summed E-state index contributed by atoms with van der Waals surface area (Å²) in [5.74, 6) is 2.47. The SMILES string of the molecule is CC(C)c1cccc(-c2nc(-c3ccccc3)nc(-c3cccc(-c4ccccc4)c3)n2)c1. The monoisotopic (exact) mass is 427 g/mol. The smallest absolute Gasteiger partial charge is 0.164 e. The van der Waals surface area contributed by atoms with Crippen molar-refractivity contribution in [3.63, 3.8) is 0 Å². The first kappa shape index (κ1) is 20.8. The van der Waals surface area contributed by atoms with Gasteiger partial charge < -0.3 is 0 Å². The van der Waals surface area contributed by atoms with E-state index in [1.807, 2.05) is 36.4 Å². The van der Waals surface area contributed by atoms with Crippen LogP contribution in [0.5, 0.6) is 0 Å². The topological polar surface area (TPSA) is 38.7 Å². The van der Waals surface area contributed by atoms with Crippen LogP contribution in [0, 0.1) is 0 Å². The summed E-state index contributed by atoms with van der Waals surface area (Å²) in [5, 5.41) is 0. The summed E-state index contributed by atoms with van der Waals surface area (Å²) < 4.78 is 0. The summed E-state index contributed by atoms with van der Waals surface area (Å²) in [7, 11) is 0.